The van der Waals surface area contributed by atoms with Crippen molar-refractivity contribution in [1.29, 1.82) is 0 Å². The van der Waals surface area contributed by atoms with Crippen molar-refractivity contribution in [3.05, 3.63) is 23.5 Å². The molecule has 1 N–H and O–H groups in total. The third kappa shape index (κ3) is 2.51. The first-order chi connectivity index (χ1) is 9.63. The largest absolute Gasteiger partial charge is 0.381 e. The SMILES string of the molecule is Cc1cc(C)n2nc(NC(=O)C3CCOCC3)cc2n1. The maximum absolute atomic E-state index is 12.2. The van der Waals surface area contributed by atoms with Gasteiger partial charge in [-0.05, 0) is 32.8 Å². The van der Waals surface area contributed by atoms with E-state index in [1.54, 1.807) is 10.6 Å². The fourth-order valence-corrected chi connectivity index (χ4v) is 2.54. The predicted octanol–water partition coefficient (Wildman–Crippen LogP) is 1.71. The number of hydrogen-bond acceptors (Lipinski definition) is 4. The van der Waals surface area contributed by atoms with Crippen molar-refractivity contribution < 1.29 is 9.53 Å². The van der Waals surface area contributed by atoms with Crippen molar-refractivity contribution in [1.82, 2.24) is 14.6 Å². The summed E-state index contributed by atoms with van der Waals surface area (Å²) in [5.74, 6) is 0.595. The number of nitrogens with zero attached hydrogens (tertiary/aromatic N) is 3. The van der Waals surface area contributed by atoms with E-state index in [0.717, 1.165) is 29.9 Å². The van der Waals surface area contributed by atoms with Crippen LogP contribution in [0.25, 0.3) is 5.65 Å². The normalized spacial score (nSPS) is 16.5. The number of nitrogens with one attached hydrogen (secondary N) is 1. The highest BCUT2D eigenvalue weighted by atomic mass is 16.5. The Kier molecular flexibility index (Phi) is 3.40. The van der Waals surface area contributed by atoms with Gasteiger partial charge >= 0.3 is 0 Å². The van der Waals surface area contributed by atoms with E-state index < -0.39 is 0 Å². The smallest absolute Gasteiger partial charge is 0.228 e. The maximum atomic E-state index is 12.2. The number of carbonyl (C=O) groups excluding carboxylic acids is 1. The molecule has 1 fully saturated rings. The first-order valence-corrected chi connectivity index (χ1v) is 6.86. The monoisotopic (exact) mass is 274 g/mol. The van der Waals surface area contributed by atoms with E-state index in [1.807, 2.05) is 19.9 Å². The van der Waals surface area contributed by atoms with Gasteiger partial charge in [-0.15, -0.1) is 5.10 Å². The van der Waals surface area contributed by atoms with Gasteiger partial charge in [0, 0.05) is 36.6 Å². The number of hydrogen-bond donors (Lipinski definition) is 1. The molecular formula is C14H18N4O2. The van der Waals surface area contributed by atoms with Crippen LogP contribution in [0.5, 0.6) is 0 Å². The van der Waals surface area contributed by atoms with Gasteiger partial charge in [-0.25, -0.2) is 9.50 Å². The molecular weight excluding hydrogens is 256 g/mol. The van der Waals surface area contributed by atoms with E-state index in [4.69, 9.17) is 4.74 Å². The second kappa shape index (κ2) is 5.20. The van der Waals surface area contributed by atoms with Gasteiger partial charge in [-0.1, -0.05) is 0 Å². The van der Waals surface area contributed by atoms with Gasteiger partial charge in [0.25, 0.3) is 0 Å². The quantitative estimate of drug-likeness (QED) is 0.905. The Morgan fingerprint density at radius 3 is 2.85 bits per heavy atom. The van der Waals surface area contributed by atoms with Crippen LogP contribution in [0.2, 0.25) is 0 Å². The fourth-order valence-electron chi connectivity index (χ4n) is 2.54. The lowest BCUT2D eigenvalue weighted by Gasteiger charge is -2.20. The van der Waals surface area contributed by atoms with Gasteiger partial charge in [0.05, 0.1) is 0 Å². The number of fused-ring (bicyclic) bond motifs is 1. The zero-order valence-electron chi connectivity index (χ0n) is 11.7. The first-order valence-electron chi connectivity index (χ1n) is 6.86. The molecule has 3 rings (SSSR count). The van der Waals surface area contributed by atoms with Gasteiger partial charge in [-0.2, -0.15) is 0 Å². The van der Waals surface area contributed by atoms with Crippen LogP contribution in [0.3, 0.4) is 0 Å². The van der Waals surface area contributed by atoms with E-state index in [1.165, 1.54) is 0 Å². The standard InChI is InChI=1S/C14H18N4O2/c1-9-7-10(2)18-13(15-9)8-12(17-18)16-14(19)11-3-5-20-6-4-11/h7-8,11H,3-6H2,1-2H3,(H,16,17,19). The molecule has 0 aliphatic carbocycles. The summed E-state index contributed by atoms with van der Waals surface area (Å²) < 4.78 is 7.01. The number of anilines is 1. The molecule has 20 heavy (non-hydrogen) atoms. The Bertz CT molecular complexity index is 644. The molecule has 1 aliphatic rings. The van der Waals surface area contributed by atoms with Crippen molar-refractivity contribution in [2.75, 3.05) is 18.5 Å². The molecule has 0 atom stereocenters. The molecule has 0 unspecified atom stereocenters. The second-order valence-corrected chi connectivity index (χ2v) is 5.21. The lowest BCUT2D eigenvalue weighted by atomic mass is 9.99. The van der Waals surface area contributed by atoms with Crippen molar-refractivity contribution in [3.63, 3.8) is 0 Å². The van der Waals surface area contributed by atoms with Crippen LogP contribution in [0.15, 0.2) is 12.1 Å². The molecule has 1 aliphatic heterocycles. The summed E-state index contributed by atoms with van der Waals surface area (Å²) in [7, 11) is 0. The highest BCUT2D eigenvalue weighted by Gasteiger charge is 2.22. The minimum absolute atomic E-state index is 0.0179. The fraction of sp³-hybridized carbons (Fsp3) is 0.500. The van der Waals surface area contributed by atoms with Crippen LogP contribution in [0.4, 0.5) is 5.82 Å². The molecule has 6 nitrogen and oxygen atoms in total. The summed E-state index contributed by atoms with van der Waals surface area (Å²) in [6.07, 6.45) is 1.55. The number of aromatic nitrogens is 3. The molecule has 0 radical (unpaired) electrons. The maximum Gasteiger partial charge on any atom is 0.228 e. The lowest BCUT2D eigenvalue weighted by Crippen LogP contribution is -2.28. The Hall–Kier alpha value is -1.95. The van der Waals surface area contributed by atoms with Crippen molar-refractivity contribution >= 4 is 17.4 Å². The van der Waals surface area contributed by atoms with Crippen LogP contribution in [-0.2, 0) is 9.53 Å². The highest BCUT2D eigenvalue weighted by molar-refractivity contribution is 5.92. The highest BCUT2D eigenvalue weighted by Crippen LogP contribution is 2.18. The molecule has 1 saturated heterocycles. The summed E-state index contributed by atoms with van der Waals surface area (Å²) in [5, 5.41) is 7.26. The van der Waals surface area contributed by atoms with Gasteiger partial charge in [0.2, 0.25) is 5.91 Å². The van der Waals surface area contributed by atoms with Gasteiger partial charge in [-0.3, -0.25) is 4.79 Å². The summed E-state index contributed by atoms with van der Waals surface area (Å²) >= 11 is 0. The zero-order chi connectivity index (χ0) is 14.1. The van der Waals surface area contributed by atoms with Crippen molar-refractivity contribution in [2.45, 2.75) is 26.7 Å². The molecule has 0 saturated carbocycles. The van der Waals surface area contributed by atoms with E-state index in [9.17, 15) is 4.79 Å². The molecule has 106 valence electrons. The first kappa shape index (κ1) is 13.1. The third-order valence-corrected chi connectivity index (χ3v) is 3.58. The number of amides is 1. The van der Waals surface area contributed by atoms with Crippen LogP contribution in [0, 0.1) is 19.8 Å². The molecule has 1 amide bonds. The van der Waals surface area contributed by atoms with E-state index in [2.05, 4.69) is 15.4 Å². The third-order valence-electron chi connectivity index (χ3n) is 3.58. The summed E-state index contributed by atoms with van der Waals surface area (Å²) in [6.45, 7) is 5.23. The average Bonchev–Trinajstić information content (AvgIpc) is 2.82. The van der Waals surface area contributed by atoms with Crippen LogP contribution in [-0.4, -0.2) is 33.7 Å². The average molecular weight is 274 g/mol. The molecule has 2 aromatic rings. The Morgan fingerprint density at radius 1 is 1.35 bits per heavy atom. The van der Waals surface area contributed by atoms with Gasteiger partial charge in [0.1, 0.15) is 0 Å². The molecule has 6 heteroatoms. The molecule has 0 bridgehead atoms. The van der Waals surface area contributed by atoms with Crippen LogP contribution < -0.4 is 5.32 Å². The lowest BCUT2D eigenvalue weighted by molar-refractivity contribution is -0.122. The zero-order valence-corrected chi connectivity index (χ0v) is 11.7. The predicted molar refractivity (Wildman–Crippen MR) is 74.6 cm³/mol. The van der Waals surface area contributed by atoms with E-state index in [0.29, 0.717) is 19.0 Å². The van der Waals surface area contributed by atoms with Gasteiger partial charge < -0.3 is 10.1 Å². The summed E-state index contributed by atoms with van der Waals surface area (Å²) in [5.41, 5.74) is 2.70. The van der Waals surface area contributed by atoms with Crippen LogP contribution >= 0.6 is 0 Å². The number of rotatable bonds is 2. The second-order valence-electron chi connectivity index (χ2n) is 5.21. The summed E-state index contributed by atoms with van der Waals surface area (Å²) in [4.78, 5) is 16.6. The number of carbonyl (C=O) groups is 1. The Morgan fingerprint density at radius 2 is 2.10 bits per heavy atom. The van der Waals surface area contributed by atoms with Crippen LogP contribution in [0.1, 0.15) is 24.2 Å². The van der Waals surface area contributed by atoms with E-state index in [-0.39, 0.29) is 11.8 Å². The topological polar surface area (TPSA) is 68.5 Å². The molecule has 0 aromatic carbocycles. The summed E-state index contributed by atoms with van der Waals surface area (Å²) in [6, 6.07) is 3.77. The van der Waals surface area contributed by atoms with E-state index >= 15 is 0 Å². The minimum Gasteiger partial charge on any atom is -0.381 e. The Labute approximate surface area is 117 Å². The van der Waals surface area contributed by atoms with Crippen molar-refractivity contribution in [3.8, 4) is 0 Å². The minimum atomic E-state index is 0.0179. The van der Waals surface area contributed by atoms with Gasteiger partial charge in [0.15, 0.2) is 11.5 Å². The number of aryl methyl sites for hydroxylation is 2. The molecule has 2 aromatic heterocycles. The molecule has 3 heterocycles. The van der Waals surface area contributed by atoms with Crippen molar-refractivity contribution in [2.24, 2.45) is 5.92 Å². The molecule has 0 spiro atoms. The number of ether oxygens (including phenoxy) is 1. The Balaban J connectivity index is 1.80.